The number of nitrogens with one attached hydrogen (secondary N) is 1. The second-order valence-corrected chi connectivity index (χ2v) is 6.18. The van der Waals surface area contributed by atoms with Crippen molar-refractivity contribution in [2.24, 2.45) is 16.6 Å². The van der Waals surface area contributed by atoms with Gasteiger partial charge in [0.25, 0.3) is 0 Å². The van der Waals surface area contributed by atoms with Gasteiger partial charge in [-0.3, -0.25) is 0 Å². The smallest absolute Gasteiger partial charge is 0.216 e. The van der Waals surface area contributed by atoms with Crippen molar-refractivity contribution < 1.29 is 4.42 Å². The van der Waals surface area contributed by atoms with E-state index in [2.05, 4.69) is 49.9 Å². The quantitative estimate of drug-likeness (QED) is 0.457. The van der Waals surface area contributed by atoms with Crippen molar-refractivity contribution in [2.75, 3.05) is 6.54 Å². The molecule has 0 fully saturated rings. The molecule has 0 aliphatic carbocycles. The lowest BCUT2D eigenvalue weighted by molar-refractivity contribution is 0.383. The third-order valence-electron chi connectivity index (χ3n) is 2.71. The van der Waals surface area contributed by atoms with Gasteiger partial charge < -0.3 is 15.5 Å². The van der Waals surface area contributed by atoms with Crippen LogP contribution in [0.3, 0.4) is 0 Å². The van der Waals surface area contributed by atoms with Gasteiger partial charge in [0, 0.05) is 12.0 Å². The Bertz CT molecular complexity index is 421. The zero-order valence-electron chi connectivity index (χ0n) is 13.1. The Labute approximate surface area is 138 Å². The summed E-state index contributed by atoms with van der Waals surface area (Å²) in [6.07, 6.45) is 2.83. The maximum Gasteiger partial charge on any atom is 0.216 e. The molecule has 0 atom stereocenters. The van der Waals surface area contributed by atoms with Crippen molar-refractivity contribution in [3.63, 3.8) is 0 Å². The molecule has 0 saturated heterocycles. The maximum absolute atomic E-state index is 5.77. The molecule has 5 nitrogen and oxygen atoms in total. The molecule has 1 rings (SSSR count). The largest absolute Gasteiger partial charge is 0.443 e. The van der Waals surface area contributed by atoms with Crippen molar-refractivity contribution in [1.29, 1.82) is 0 Å². The van der Waals surface area contributed by atoms with Gasteiger partial charge in [0.05, 0.1) is 6.20 Å². The fraction of sp³-hybridized carbons (Fsp3) is 0.714. The zero-order valence-corrected chi connectivity index (χ0v) is 15.4. The second-order valence-electron chi connectivity index (χ2n) is 6.18. The van der Waals surface area contributed by atoms with Crippen LogP contribution in [0.15, 0.2) is 15.6 Å². The maximum atomic E-state index is 5.77. The minimum absolute atomic E-state index is 0. The molecule has 0 saturated carbocycles. The molecule has 0 amide bonds. The topological polar surface area (TPSA) is 76.4 Å². The Morgan fingerprint density at radius 2 is 2.10 bits per heavy atom. The van der Waals surface area contributed by atoms with E-state index in [0.29, 0.717) is 24.3 Å². The minimum Gasteiger partial charge on any atom is -0.443 e. The first-order valence-corrected chi connectivity index (χ1v) is 6.78. The summed E-state index contributed by atoms with van der Waals surface area (Å²) in [5.41, 5.74) is 5.74. The summed E-state index contributed by atoms with van der Waals surface area (Å²) in [6.45, 7) is 11.8. The number of oxazole rings is 1. The van der Waals surface area contributed by atoms with Crippen LogP contribution in [-0.2, 0) is 12.0 Å². The van der Waals surface area contributed by atoms with Crippen LogP contribution >= 0.6 is 24.0 Å². The second kappa shape index (κ2) is 8.49. The Kier molecular flexibility index (Phi) is 8.15. The average molecular weight is 394 g/mol. The van der Waals surface area contributed by atoms with E-state index in [0.717, 1.165) is 18.7 Å². The van der Waals surface area contributed by atoms with Gasteiger partial charge in [-0.25, -0.2) is 9.98 Å². The molecular formula is C14H27IN4O. The van der Waals surface area contributed by atoms with Crippen LogP contribution < -0.4 is 11.1 Å². The van der Waals surface area contributed by atoms with E-state index in [4.69, 9.17) is 10.2 Å². The van der Waals surface area contributed by atoms with E-state index in [9.17, 15) is 0 Å². The predicted molar refractivity (Wildman–Crippen MR) is 93.4 cm³/mol. The number of halogens is 1. The summed E-state index contributed by atoms with van der Waals surface area (Å²) in [5.74, 6) is 2.56. The van der Waals surface area contributed by atoms with Crippen LogP contribution in [0, 0.1) is 5.92 Å². The highest BCUT2D eigenvalue weighted by Crippen LogP contribution is 2.22. The van der Waals surface area contributed by atoms with E-state index >= 15 is 0 Å². The Balaban J connectivity index is 0.00000361. The van der Waals surface area contributed by atoms with Crippen LogP contribution in [0.2, 0.25) is 0 Å². The van der Waals surface area contributed by atoms with Gasteiger partial charge in [-0.15, -0.1) is 24.0 Å². The number of aromatic nitrogens is 1. The molecule has 0 spiro atoms. The van der Waals surface area contributed by atoms with E-state index in [1.807, 2.05) is 0 Å². The van der Waals surface area contributed by atoms with Crippen LogP contribution in [-0.4, -0.2) is 17.5 Å². The summed E-state index contributed by atoms with van der Waals surface area (Å²) >= 11 is 0. The van der Waals surface area contributed by atoms with Gasteiger partial charge in [0.15, 0.2) is 5.96 Å². The zero-order chi connectivity index (χ0) is 14.5. The van der Waals surface area contributed by atoms with Crippen molar-refractivity contribution in [3.8, 4) is 0 Å². The molecule has 0 radical (unpaired) electrons. The molecule has 3 N–H and O–H groups in total. The monoisotopic (exact) mass is 394 g/mol. The van der Waals surface area contributed by atoms with E-state index in [1.54, 1.807) is 6.20 Å². The standard InChI is InChI=1S/C14H26N4O.HI/c1-10(2)6-7-16-13(15)18-9-12-17-8-11(19-12)14(3,4)5;/h8,10H,6-7,9H2,1-5H3,(H3,15,16,18);1H. The number of nitrogens with zero attached hydrogens (tertiary/aromatic N) is 2. The molecule has 6 heteroatoms. The van der Waals surface area contributed by atoms with Crippen molar-refractivity contribution in [3.05, 3.63) is 17.8 Å². The molecule has 1 aromatic heterocycles. The first-order valence-electron chi connectivity index (χ1n) is 6.78. The normalized spacial score (nSPS) is 12.4. The van der Waals surface area contributed by atoms with Crippen LogP contribution in [0.1, 0.15) is 52.7 Å². The summed E-state index contributed by atoms with van der Waals surface area (Å²) < 4.78 is 5.64. The van der Waals surface area contributed by atoms with Crippen LogP contribution in [0.5, 0.6) is 0 Å². The molecule has 1 aromatic rings. The SMILES string of the molecule is CC(C)CCNC(N)=NCc1ncc(C(C)(C)C)o1.I. The Morgan fingerprint density at radius 3 is 2.60 bits per heavy atom. The number of nitrogens with two attached hydrogens (primary N) is 1. The lowest BCUT2D eigenvalue weighted by Gasteiger charge is -2.12. The lowest BCUT2D eigenvalue weighted by atomic mass is 9.94. The Hall–Kier alpha value is -0.790. The van der Waals surface area contributed by atoms with Crippen molar-refractivity contribution in [1.82, 2.24) is 10.3 Å². The summed E-state index contributed by atoms with van der Waals surface area (Å²) in [4.78, 5) is 8.42. The first-order chi connectivity index (χ1) is 8.79. The highest BCUT2D eigenvalue weighted by molar-refractivity contribution is 14.0. The van der Waals surface area contributed by atoms with Gasteiger partial charge in [0.1, 0.15) is 12.3 Å². The summed E-state index contributed by atoms with van der Waals surface area (Å²) in [6, 6.07) is 0. The highest BCUT2D eigenvalue weighted by Gasteiger charge is 2.18. The van der Waals surface area contributed by atoms with Crippen molar-refractivity contribution >= 4 is 29.9 Å². The fourth-order valence-electron chi connectivity index (χ4n) is 1.43. The molecule has 0 unspecified atom stereocenters. The number of hydrogen-bond acceptors (Lipinski definition) is 3. The minimum atomic E-state index is -0.0317. The van der Waals surface area contributed by atoms with Crippen molar-refractivity contribution in [2.45, 2.75) is 53.0 Å². The van der Waals surface area contributed by atoms with Gasteiger partial charge in [0.2, 0.25) is 5.89 Å². The van der Waals surface area contributed by atoms with Gasteiger partial charge in [-0.1, -0.05) is 34.6 Å². The number of aliphatic imine (C=N–C) groups is 1. The summed E-state index contributed by atoms with van der Waals surface area (Å²) in [5, 5.41) is 3.08. The number of rotatable bonds is 5. The molecule has 20 heavy (non-hydrogen) atoms. The fourth-order valence-corrected chi connectivity index (χ4v) is 1.43. The van der Waals surface area contributed by atoms with Gasteiger partial charge in [-0.05, 0) is 12.3 Å². The highest BCUT2D eigenvalue weighted by atomic mass is 127. The molecular weight excluding hydrogens is 367 g/mol. The molecule has 0 aliphatic rings. The van der Waals surface area contributed by atoms with Crippen LogP contribution in [0.4, 0.5) is 0 Å². The third kappa shape index (κ3) is 7.12. The molecule has 1 heterocycles. The third-order valence-corrected chi connectivity index (χ3v) is 2.71. The Morgan fingerprint density at radius 1 is 1.45 bits per heavy atom. The van der Waals surface area contributed by atoms with E-state index in [-0.39, 0.29) is 29.4 Å². The number of hydrogen-bond donors (Lipinski definition) is 2. The molecule has 116 valence electrons. The molecule has 0 aliphatic heterocycles. The lowest BCUT2D eigenvalue weighted by Crippen LogP contribution is -2.32. The molecule has 0 bridgehead atoms. The number of guanidine groups is 1. The van der Waals surface area contributed by atoms with Crippen LogP contribution in [0.25, 0.3) is 0 Å². The predicted octanol–water partition coefficient (Wildman–Crippen LogP) is 3.04. The molecule has 0 aromatic carbocycles. The average Bonchev–Trinajstić information content (AvgIpc) is 2.74. The summed E-state index contributed by atoms with van der Waals surface area (Å²) in [7, 11) is 0. The van der Waals surface area contributed by atoms with E-state index < -0.39 is 0 Å². The van der Waals surface area contributed by atoms with Gasteiger partial charge in [-0.2, -0.15) is 0 Å². The van der Waals surface area contributed by atoms with Gasteiger partial charge >= 0.3 is 0 Å². The van der Waals surface area contributed by atoms with E-state index in [1.165, 1.54) is 0 Å². The first kappa shape index (κ1) is 19.2.